The van der Waals surface area contributed by atoms with Gasteiger partial charge in [0.25, 0.3) is 0 Å². The molecule has 3 fully saturated rings. The Bertz CT molecular complexity index is 864. The van der Waals surface area contributed by atoms with Crippen molar-refractivity contribution in [2.75, 3.05) is 13.2 Å². The molecule has 0 heterocycles. The topological polar surface area (TPSA) is 83.8 Å². The molecule has 45 heavy (non-hydrogen) atoms. The fourth-order valence-corrected chi connectivity index (χ4v) is 8.93. The summed E-state index contributed by atoms with van der Waals surface area (Å²) in [5, 5.41) is 23.0. The number of hydrogen-bond acceptors (Lipinski definition) is 4. The van der Waals surface area contributed by atoms with E-state index in [1.165, 1.54) is 83.5 Å². The minimum atomic E-state index is -1.11. The number of carbonyl (C=O) groups is 2. The highest BCUT2D eigenvalue weighted by Crippen LogP contribution is 2.49. The summed E-state index contributed by atoms with van der Waals surface area (Å²) in [7, 11) is 0. The van der Waals surface area contributed by atoms with Crippen molar-refractivity contribution < 1.29 is 24.5 Å². The maximum atomic E-state index is 14.0. The van der Waals surface area contributed by atoms with Gasteiger partial charge in [0.1, 0.15) is 6.61 Å². The largest absolute Gasteiger partial charge is 0.478 e. The number of ether oxygens (including phenoxy) is 1. The van der Waals surface area contributed by atoms with E-state index in [1.807, 2.05) is 0 Å². The van der Waals surface area contributed by atoms with E-state index >= 15 is 0 Å². The van der Waals surface area contributed by atoms with Crippen molar-refractivity contribution in [3.63, 3.8) is 0 Å². The van der Waals surface area contributed by atoms with E-state index in [0.29, 0.717) is 11.1 Å². The number of hydrogen-bond donors (Lipinski definition) is 2. The molecule has 0 radical (unpaired) electrons. The Kier molecular flexibility index (Phi) is 17.9. The molecule has 0 aromatic heterocycles. The van der Waals surface area contributed by atoms with Gasteiger partial charge in [0.15, 0.2) is 0 Å². The predicted molar refractivity (Wildman–Crippen MR) is 185 cm³/mol. The SMILES string of the molecule is C=C(C)C(=O)OCC(CO)(C(C(=O)O)=C(C1CCCCCCCCC1)C1CCCCCCCCC1)C1CCCCCCCCC1. The van der Waals surface area contributed by atoms with Crippen LogP contribution in [0.4, 0.5) is 0 Å². The quantitative estimate of drug-likeness (QED) is 0.196. The van der Waals surface area contributed by atoms with Crippen LogP contribution in [0.1, 0.15) is 180 Å². The highest BCUT2D eigenvalue weighted by atomic mass is 16.5. The van der Waals surface area contributed by atoms with Gasteiger partial charge in [-0.3, -0.25) is 0 Å². The normalized spacial score (nSPS) is 23.2. The summed E-state index contributed by atoms with van der Waals surface area (Å²) in [4.78, 5) is 26.9. The van der Waals surface area contributed by atoms with Crippen LogP contribution in [0.25, 0.3) is 0 Å². The van der Waals surface area contributed by atoms with Gasteiger partial charge in [-0.1, -0.05) is 147 Å². The van der Waals surface area contributed by atoms with Crippen molar-refractivity contribution in [2.45, 2.75) is 180 Å². The van der Waals surface area contributed by atoms with Gasteiger partial charge in [0.2, 0.25) is 0 Å². The zero-order valence-electron chi connectivity index (χ0n) is 29.1. The van der Waals surface area contributed by atoms with E-state index in [2.05, 4.69) is 6.58 Å². The van der Waals surface area contributed by atoms with Crippen molar-refractivity contribution in [2.24, 2.45) is 23.2 Å². The number of allylic oxidation sites excluding steroid dienone is 1. The highest BCUT2D eigenvalue weighted by molar-refractivity contribution is 5.90. The van der Waals surface area contributed by atoms with Crippen molar-refractivity contribution in [1.29, 1.82) is 0 Å². The second-order valence-corrected chi connectivity index (χ2v) is 15.1. The van der Waals surface area contributed by atoms with Crippen LogP contribution in [0.15, 0.2) is 23.3 Å². The first-order chi connectivity index (χ1) is 21.9. The van der Waals surface area contributed by atoms with Gasteiger partial charge in [-0.2, -0.15) is 0 Å². The van der Waals surface area contributed by atoms with E-state index in [9.17, 15) is 19.8 Å². The minimum Gasteiger partial charge on any atom is -0.478 e. The van der Waals surface area contributed by atoms with Crippen molar-refractivity contribution in [1.82, 2.24) is 0 Å². The zero-order chi connectivity index (χ0) is 32.3. The molecule has 3 aliphatic rings. The van der Waals surface area contributed by atoms with Crippen molar-refractivity contribution in [3.8, 4) is 0 Å². The van der Waals surface area contributed by atoms with Gasteiger partial charge in [0.05, 0.1) is 12.0 Å². The third-order valence-corrected chi connectivity index (χ3v) is 11.6. The molecule has 1 atom stereocenters. The molecule has 0 saturated heterocycles. The van der Waals surface area contributed by atoms with Crippen LogP contribution in [-0.4, -0.2) is 35.4 Å². The molecule has 3 aliphatic carbocycles. The van der Waals surface area contributed by atoms with Gasteiger partial charge < -0.3 is 14.9 Å². The Hall–Kier alpha value is -1.62. The number of aliphatic hydroxyl groups excluding tert-OH is 1. The smallest absolute Gasteiger partial charge is 0.333 e. The van der Waals surface area contributed by atoms with Crippen LogP contribution in [0.2, 0.25) is 0 Å². The van der Waals surface area contributed by atoms with Gasteiger partial charge >= 0.3 is 11.9 Å². The lowest BCUT2D eigenvalue weighted by atomic mass is 9.62. The summed E-state index contributed by atoms with van der Waals surface area (Å²) in [5.41, 5.74) is 0.774. The molecular weight excluding hydrogens is 560 g/mol. The molecule has 0 aromatic carbocycles. The number of aliphatic hydroxyl groups is 1. The minimum absolute atomic E-state index is 0.0429. The van der Waals surface area contributed by atoms with Gasteiger partial charge in [-0.25, -0.2) is 9.59 Å². The first-order valence-corrected chi connectivity index (χ1v) is 19.3. The predicted octanol–water partition coefficient (Wildman–Crippen LogP) is 10.9. The molecule has 0 bridgehead atoms. The fourth-order valence-electron chi connectivity index (χ4n) is 8.93. The number of esters is 1. The maximum Gasteiger partial charge on any atom is 0.333 e. The summed E-state index contributed by atoms with van der Waals surface area (Å²) in [6.45, 7) is 5.08. The lowest BCUT2D eigenvalue weighted by Gasteiger charge is -2.43. The third kappa shape index (κ3) is 12.2. The van der Waals surface area contributed by atoms with Crippen LogP contribution < -0.4 is 0 Å². The van der Waals surface area contributed by atoms with E-state index < -0.39 is 17.4 Å². The first-order valence-electron chi connectivity index (χ1n) is 19.3. The molecule has 3 saturated carbocycles. The Labute approximate surface area is 276 Å². The molecule has 258 valence electrons. The molecule has 2 N–H and O–H groups in total. The molecular formula is C40H68O5. The Morgan fingerprint density at radius 2 is 0.956 bits per heavy atom. The number of carboxylic acids is 1. The average Bonchev–Trinajstić information content (AvgIpc) is 3.04. The Balaban J connectivity index is 2.23. The number of rotatable bonds is 9. The number of aliphatic carboxylic acids is 1. The zero-order valence-corrected chi connectivity index (χ0v) is 29.1. The van der Waals surface area contributed by atoms with Crippen molar-refractivity contribution in [3.05, 3.63) is 23.3 Å². The van der Waals surface area contributed by atoms with Crippen molar-refractivity contribution >= 4 is 11.9 Å². The van der Waals surface area contributed by atoms with E-state index in [0.717, 1.165) is 95.5 Å². The Morgan fingerprint density at radius 1 is 0.622 bits per heavy atom. The fraction of sp³-hybridized carbons (Fsp3) is 0.850. The first kappa shape index (κ1) is 37.8. The van der Waals surface area contributed by atoms with E-state index in [-0.39, 0.29) is 31.0 Å². The standard InChI is InChI=1S/C40H68O5/c1-32(2)39(44)45-31-40(30-41,35-28-22-16-10-5-11-17-23-29-35)37(38(42)43)36(33-24-18-12-6-3-7-13-19-25-33)34-26-20-14-8-4-9-15-21-27-34/h33-35,41H,1,3-31H2,2H3,(H,42,43). The second-order valence-electron chi connectivity index (χ2n) is 15.1. The molecule has 1 unspecified atom stereocenters. The lowest BCUT2D eigenvalue weighted by Crippen LogP contribution is -2.46. The summed E-state index contributed by atoms with van der Waals surface area (Å²) < 4.78 is 5.96. The molecule has 5 nitrogen and oxygen atoms in total. The summed E-state index contributed by atoms with van der Waals surface area (Å²) in [5.74, 6) is -0.999. The number of carbonyl (C=O) groups excluding carboxylic acids is 1. The maximum absolute atomic E-state index is 14.0. The van der Waals surface area contributed by atoms with Crippen LogP contribution >= 0.6 is 0 Å². The molecule has 0 amide bonds. The molecule has 0 aromatic rings. The van der Waals surface area contributed by atoms with Crippen LogP contribution in [0.3, 0.4) is 0 Å². The molecule has 0 spiro atoms. The van der Waals surface area contributed by atoms with Crippen LogP contribution in [-0.2, 0) is 14.3 Å². The summed E-state index contributed by atoms with van der Waals surface area (Å²) in [6, 6.07) is 0. The van der Waals surface area contributed by atoms with E-state index in [1.54, 1.807) is 6.92 Å². The summed E-state index contributed by atoms with van der Waals surface area (Å²) >= 11 is 0. The average molecular weight is 629 g/mol. The third-order valence-electron chi connectivity index (χ3n) is 11.6. The monoisotopic (exact) mass is 629 g/mol. The van der Waals surface area contributed by atoms with Crippen LogP contribution in [0.5, 0.6) is 0 Å². The van der Waals surface area contributed by atoms with Gasteiger partial charge in [0, 0.05) is 11.1 Å². The van der Waals surface area contributed by atoms with Crippen LogP contribution in [0, 0.1) is 23.2 Å². The second kappa shape index (κ2) is 21.3. The highest BCUT2D eigenvalue weighted by Gasteiger charge is 2.48. The van der Waals surface area contributed by atoms with Gasteiger partial charge in [-0.05, 0) is 63.2 Å². The lowest BCUT2D eigenvalue weighted by molar-refractivity contribution is -0.147. The molecule has 3 rings (SSSR count). The molecule has 5 heteroatoms. The Morgan fingerprint density at radius 3 is 1.27 bits per heavy atom. The van der Waals surface area contributed by atoms with Gasteiger partial charge in [-0.15, -0.1) is 0 Å². The van der Waals surface area contributed by atoms with E-state index in [4.69, 9.17) is 4.74 Å². The number of carboxylic acid groups (broad SMARTS) is 1. The summed E-state index contributed by atoms with van der Waals surface area (Å²) in [6.07, 6.45) is 30.9. The molecule has 0 aliphatic heterocycles.